The minimum absolute atomic E-state index is 0.137. The number of amides is 1. The number of carbonyl (C=O) groups is 1. The van der Waals surface area contributed by atoms with Crippen LogP contribution in [0.1, 0.15) is 0 Å². The summed E-state index contributed by atoms with van der Waals surface area (Å²) in [6.07, 6.45) is 10.1. The second-order valence-electron chi connectivity index (χ2n) is 2.77. The van der Waals surface area contributed by atoms with E-state index in [4.69, 9.17) is 4.74 Å². The maximum atomic E-state index is 11.3. The first-order valence-corrected chi connectivity index (χ1v) is 4.08. The molecule has 2 aliphatic heterocycles. The van der Waals surface area contributed by atoms with Gasteiger partial charge in [0.25, 0.3) is 12.1 Å². The molecule has 1 atom stereocenters. The van der Waals surface area contributed by atoms with E-state index >= 15 is 0 Å². The van der Waals surface area contributed by atoms with Gasteiger partial charge in [-0.2, -0.15) is 0 Å². The van der Waals surface area contributed by atoms with E-state index < -0.39 is 6.23 Å². The van der Waals surface area contributed by atoms with Crippen LogP contribution in [-0.4, -0.2) is 23.6 Å². The standard InChI is InChI=1S/C9H10N2O2/c12-8-9(13-7-4-10-8)11-5-2-1-3-6-11/h1-5,7,9H,6H2,(H,10,12). The fourth-order valence-corrected chi connectivity index (χ4v) is 1.25. The highest BCUT2D eigenvalue weighted by Crippen LogP contribution is 2.09. The van der Waals surface area contributed by atoms with Crippen LogP contribution >= 0.6 is 0 Å². The van der Waals surface area contributed by atoms with E-state index in [0.717, 1.165) is 0 Å². The molecular weight excluding hydrogens is 168 g/mol. The molecule has 68 valence electrons. The number of nitrogens with one attached hydrogen (secondary N) is 1. The molecule has 1 amide bonds. The van der Waals surface area contributed by atoms with Crippen LogP contribution in [0.2, 0.25) is 0 Å². The van der Waals surface area contributed by atoms with Crippen LogP contribution in [0, 0.1) is 0 Å². The quantitative estimate of drug-likeness (QED) is 0.628. The molecule has 0 saturated heterocycles. The highest BCUT2D eigenvalue weighted by Gasteiger charge is 2.25. The van der Waals surface area contributed by atoms with Crippen molar-refractivity contribution >= 4 is 5.91 Å². The zero-order valence-electron chi connectivity index (χ0n) is 7.01. The number of rotatable bonds is 1. The number of nitrogens with zero attached hydrogens (tertiary/aromatic N) is 1. The van der Waals surface area contributed by atoms with Crippen LogP contribution in [0.5, 0.6) is 0 Å². The summed E-state index contributed by atoms with van der Waals surface area (Å²) < 4.78 is 5.18. The maximum Gasteiger partial charge on any atom is 0.286 e. The molecule has 0 aliphatic carbocycles. The molecule has 2 heterocycles. The van der Waals surface area contributed by atoms with E-state index in [2.05, 4.69) is 5.32 Å². The van der Waals surface area contributed by atoms with Gasteiger partial charge < -0.3 is 15.0 Å². The lowest BCUT2D eigenvalue weighted by Crippen LogP contribution is -2.46. The van der Waals surface area contributed by atoms with Crippen LogP contribution in [-0.2, 0) is 9.53 Å². The maximum absolute atomic E-state index is 11.3. The summed E-state index contributed by atoms with van der Waals surface area (Å²) in [7, 11) is 0. The Bertz CT molecular complexity index is 294. The smallest absolute Gasteiger partial charge is 0.286 e. The van der Waals surface area contributed by atoms with Gasteiger partial charge in [-0.25, -0.2) is 0 Å². The Balaban J connectivity index is 2.07. The lowest BCUT2D eigenvalue weighted by Gasteiger charge is -2.30. The first-order chi connectivity index (χ1) is 6.38. The van der Waals surface area contributed by atoms with Crippen molar-refractivity contribution in [3.63, 3.8) is 0 Å². The Morgan fingerprint density at radius 1 is 1.54 bits per heavy atom. The van der Waals surface area contributed by atoms with E-state index in [9.17, 15) is 4.79 Å². The molecule has 0 radical (unpaired) electrons. The molecule has 13 heavy (non-hydrogen) atoms. The lowest BCUT2D eigenvalue weighted by molar-refractivity contribution is -0.138. The second kappa shape index (κ2) is 3.35. The molecular formula is C9H10N2O2. The van der Waals surface area contributed by atoms with Crippen molar-refractivity contribution in [3.05, 3.63) is 36.9 Å². The van der Waals surface area contributed by atoms with Crippen molar-refractivity contribution in [1.29, 1.82) is 0 Å². The molecule has 0 aromatic carbocycles. The minimum atomic E-state index is -0.536. The van der Waals surface area contributed by atoms with Gasteiger partial charge in [-0.1, -0.05) is 12.2 Å². The third kappa shape index (κ3) is 1.56. The molecule has 0 aromatic rings. The van der Waals surface area contributed by atoms with E-state index in [1.54, 1.807) is 0 Å². The Morgan fingerprint density at radius 3 is 3.15 bits per heavy atom. The summed E-state index contributed by atoms with van der Waals surface area (Å²) in [6, 6.07) is 0. The monoisotopic (exact) mass is 178 g/mol. The van der Waals surface area contributed by atoms with Gasteiger partial charge >= 0.3 is 0 Å². The van der Waals surface area contributed by atoms with Crippen molar-refractivity contribution < 1.29 is 9.53 Å². The molecule has 4 nitrogen and oxygen atoms in total. The largest absolute Gasteiger partial charge is 0.467 e. The van der Waals surface area contributed by atoms with E-state index in [1.807, 2.05) is 29.3 Å². The molecule has 0 bridgehead atoms. The summed E-state index contributed by atoms with van der Waals surface area (Å²) >= 11 is 0. The van der Waals surface area contributed by atoms with Gasteiger partial charge in [0.15, 0.2) is 0 Å². The third-order valence-electron chi connectivity index (χ3n) is 1.87. The molecule has 2 rings (SSSR count). The Labute approximate surface area is 76.2 Å². The van der Waals surface area contributed by atoms with Crippen LogP contribution in [0.25, 0.3) is 0 Å². The van der Waals surface area contributed by atoms with Crippen molar-refractivity contribution in [3.8, 4) is 0 Å². The predicted molar refractivity (Wildman–Crippen MR) is 47.1 cm³/mol. The molecule has 0 saturated carbocycles. The van der Waals surface area contributed by atoms with Crippen molar-refractivity contribution in [2.75, 3.05) is 6.54 Å². The van der Waals surface area contributed by atoms with E-state index in [-0.39, 0.29) is 5.91 Å². The summed E-state index contributed by atoms with van der Waals surface area (Å²) in [5.41, 5.74) is 0. The van der Waals surface area contributed by atoms with Crippen LogP contribution in [0.3, 0.4) is 0 Å². The van der Waals surface area contributed by atoms with Gasteiger partial charge in [-0.3, -0.25) is 4.79 Å². The molecule has 0 fully saturated rings. The fraction of sp³-hybridized carbons (Fsp3) is 0.222. The number of carbonyl (C=O) groups excluding carboxylic acids is 1. The fourth-order valence-electron chi connectivity index (χ4n) is 1.25. The summed E-state index contributed by atoms with van der Waals surface area (Å²) in [6.45, 7) is 0.697. The predicted octanol–water partition coefficient (Wildman–Crippen LogP) is 0.316. The molecule has 0 aromatic heterocycles. The summed E-state index contributed by atoms with van der Waals surface area (Å²) in [5, 5.41) is 2.59. The SMILES string of the molecule is O=C1NC=COC1N1C=CC=CC1. The van der Waals surface area contributed by atoms with Gasteiger partial charge in [0, 0.05) is 18.9 Å². The number of hydrogen-bond donors (Lipinski definition) is 1. The Morgan fingerprint density at radius 2 is 2.46 bits per heavy atom. The second-order valence-corrected chi connectivity index (χ2v) is 2.77. The van der Waals surface area contributed by atoms with Crippen molar-refractivity contribution in [2.45, 2.75) is 6.23 Å². The Hall–Kier alpha value is -1.71. The zero-order chi connectivity index (χ0) is 9.10. The first-order valence-electron chi connectivity index (χ1n) is 4.08. The highest BCUT2D eigenvalue weighted by molar-refractivity contribution is 5.82. The zero-order valence-corrected chi connectivity index (χ0v) is 7.01. The van der Waals surface area contributed by atoms with Gasteiger partial charge in [0.1, 0.15) is 6.26 Å². The van der Waals surface area contributed by atoms with Crippen LogP contribution < -0.4 is 5.32 Å². The first kappa shape index (κ1) is 7.91. The number of allylic oxidation sites excluding steroid dienone is 2. The Kier molecular flexibility index (Phi) is 2.04. The molecule has 1 N–H and O–H groups in total. The van der Waals surface area contributed by atoms with E-state index in [0.29, 0.717) is 6.54 Å². The number of ether oxygens (including phenoxy) is 1. The molecule has 2 aliphatic rings. The highest BCUT2D eigenvalue weighted by atomic mass is 16.5. The average Bonchev–Trinajstić information content (AvgIpc) is 2.20. The summed E-state index contributed by atoms with van der Waals surface area (Å²) in [5.74, 6) is -0.137. The average molecular weight is 178 g/mol. The van der Waals surface area contributed by atoms with Crippen molar-refractivity contribution in [2.24, 2.45) is 0 Å². The molecule has 4 heteroatoms. The molecule has 1 unspecified atom stereocenters. The van der Waals surface area contributed by atoms with Gasteiger partial charge in [-0.05, 0) is 6.08 Å². The molecule has 0 spiro atoms. The van der Waals surface area contributed by atoms with Crippen LogP contribution in [0.15, 0.2) is 36.9 Å². The van der Waals surface area contributed by atoms with E-state index in [1.165, 1.54) is 12.5 Å². The number of hydrogen-bond acceptors (Lipinski definition) is 3. The lowest BCUT2D eigenvalue weighted by atomic mass is 10.3. The topological polar surface area (TPSA) is 41.6 Å². The normalized spacial score (nSPS) is 25.7. The van der Waals surface area contributed by atoms with Gasteiger partial charge in [0.05, 0.1) is 0 Å². The van der Waals surface area contributed by atoms with Crippen molar-refractivity contribution in [1.82, 2.24) is 10.2 Å². The minimum Gasteiger partial charge on any atom is -0.467 e. The summed E-state index contributed by atoms with van der Waals surface area (Å²) in [4.78, 5) is 13.1. The van der Waals surface area contributed by atoms with Gasteiger partial charge in [-0.15, -0.1) is 0 Å². The third-order valence-corrected chi connectivity index (χ3v) is 1.87. The van der Waals surface area contributed by atoms with Gasteiger partial charge in [0.2, 0.25) is 0 Å². The van der Waals surface area contributed by atoms with Crippen LogP contribution in [0.4, 0.5) is 0 Å².